The first-order chi connectivity index (χ1) is 7.90. The summed E-state index contributed by atoms with van der Waals surface area (Å²) < 4.78 is 27.1. The topological polar surface area (TPSA) is 70.0 Å². The van der Waals surface area contributed by atoms with Gasteiger partial charge in [-0.1, -0.05) is 18.5 Å². The number of nitrogens with one attached hydrogen (secondary N) is 1. The van der Waals surface area contributed by atoms with Crippen LogP contribution >= 0.6 is 22.9 Å². The molecule has 1 rings (SSSR count). The molecule has 0 aliphatic rings. The Labute approximate surface area is 110 Å². The van der Waals surface area contributed by atoms with Gasteiger partial charge < -0.3 is 0 Å². The minimum Gasteiger partial charge on any atom is -0.206 e. The van der Waals surface area contributed by atoms with E-state index in [1.165, 1.54) is 6.07 Å². The number of aryl methyl sites for hydroxylation is 1. The van der Waals surface area contributed by atoms with Crippen LogP contribution in [0.4, 0.5) is 0 Å². The van der Waals surface area contributed by atoms with Crippen molar-refractivity contribution in [1.82, 2.24) is 4.72 Å². The maximum Gasteiger partial charge on any atom is 0.250 e. The minimum atomic E-state index is -3.56. The smallest absolute Gasteiger partial charge is 0.206 e. The predicted molar refractivity (Wildman–Crippen MR) is 68.7 cm³/mol. The van der Waals surface area contributed by atoms with E-state index in [1.807, 2.05) is 13.0 Å². The maximum atomic E-state index is 12.0. The molecule has 0 saturated carbocycles. The molecule has 0 aromatic carbocycles. The highest BCUT2D eigenvalue weighted by Gasteiger charge is 2.21. The normalized spacial score (nSPS) is 13.3. The van der Waals surface area contributed by atoms with Crippen LogP contribution in [-0.2, 0) is 10.0 Å². The van der Waals surface area contributed by atoms with Crippen molar-refractivity contribution in [2.75, 3.05) is 0 Å². The molecule has 0 aliphatic heterocycles. The van der Waals surface area contributed by atoms with Gasteiger partial charge in [0.2, 0.25) is 10.0 Å². The zero-order valence-corrected chi connectivity index (χ0v) is 11.9. The molecule has 0 amide bonds. The number of nitriles is 1. The summed E-state index contributed by atoms with van der Waals surface area (Å²) in [7, 11) is -3.56. The molecule has 1 unspecified atom stereocenters. The average Bonchev–Trinajstić information content (AvgIpc) is 2.59. The molecule has 1 aromatic rings. The number of rotatable bonds is 5. The standard InChI is InChI=1S/C10H13ClN2O2S2/c1-3-8(4-5-12)13-17(14,15)9-6-7(2)10(11)16-9/h6,8,13H,3-4H2,1-2H3. The maximum absolute atomic E-state index is 12.0. The number of hydrogen-bond donors (Lipinski definition) is 1. The fourth-order valence-corrected chi connectivity index (χ4v) is 4.26. The van der Waals surface area contributed by atoms with Crippen molar-refractivity contribution >= 4 is 33.0 Å². The molecule has 17 heavy (non-hydrogen) atoms. The Hall–Kier alpha value is -0.610. The molecule has 1 aromatic heterocycles. The quantitative estimate of drug-likeness (QED) is 0.907. The largest absolute Gasteiger partial charge is 0.250 e. The van der Waals surface area contributed by atoms with Crippen molar-refractivity contribution in [3.63, 3.8) is 0 Å². The van der Waals surface area contributed by atoms with E-state index in [0.29, 0.717) is 10.8 Å². The molecule has 94 valence electrons. The van der Waals surface area contributed by atoms with Gasteiger partial charge in [-0.15, -0.1) is 11.3 Å². The van der Waals surface area contributed by atoms with Gasteiger partial charge in [-0.25, -0.2) is 13.1 Å². The first kappa shape index (κ1) is 14.5. The van der Waals surface area contributed by atoms with Crippen molar-refractivity contribution < 1.29 is 8.42 Å². The molecule has 4 nitrogen and oxygen atoms in total. The Bertz CT molecular complexity index is 511. The van der Waals surface area contributed by atoms with Crippen molar-refractivity contribution in [2.24, 2.45) is 0 Å². The number of halogens is 1. The molecular formula is C10H13ClN2O2S2. The lowest BCUT2D eigenvalue weighted by atomic mass is 10.2. The molecule has 1 atom stereocenters. The van der Waals surface area contributed by atoms with Crippen LogP contribution in [0.15, 0.2) is 10.3 Å². The van der Waals surface area contributed by atoms with E-state index in [-0.39, 0.29) is 16.7 Å². The second-order valence-corrected chi connectivity index (χ2v) is 7.21. The highest BCUT2D eigenvalue weighted by molar-refractivity contribution is 7.91. The SMILES string of the molecule is CCC(CC#N)NS(=O)(=O)c1cc(C)c(Cl)s1. The second kappa shape index (κ2) is 5.83. The summed E-state index contributed by atoms with van der Waals surface area (Å²) in [5.41, 5.74) is 0.741. The molecule has 1 heterocycles. The fraction of sp³-hybridized carbons (Fsp3) is 0.500. The molecule has 0 fully saturated rings. The van der Waals surface area contributed by atoms with E-state index < -0.39 is 10.0 Å². The summed E-state index contributed by atoms with van der Waals surface area (Å²) in [6.45, 7) is 3.58. The molecule has 7 heteroatoms. The lowest BCUT2D eigenvalue weighted by Gasteiger charge is -2.12. The van der Waals surface area contributed by atoms with Crippen molar-refractivity contribution in [1.29, 1.82) is 5.26 Å². The van der Waals surface area contributed by atoms with E-state index in [0.717, 1.165) is 16.9 Å². The lowest BCUT2D eigenvalue weighted by Crippen LogP contribution is -2.33. The van der Waals surface area contributed by atoms with Gasteiger partial charge in [0.1, 0.15) is 4.21 Å². The zero-order valence-electron chi connectivity index (χ0n) is 9.53. The first-order valence-electron chi connectivity index (χ1n) is 5.06. The van der Waals surface area contributed by atoms with Gasteiger partial charge in [0, 0.05) is 6.04 Å². The van der Waals surface area contributed by atoms with Gasteiger partial charge in [0.25, 0.3) is 0 Å². The summed E-state index contributed by atoms with van der Waals surface area (Å²) in [4.78, 5) is 0. The molecule has 0 spiro atoms. The minimum absolute atomic E-state index is 0.161. The first-order valence-corrected chi connectivity index (χ1v) is 7.73. The molecule has 0 aliphatic carbocycles. The lowest BCUT2D eigenvalue weighted by molar-refractivity contribution is 0.545. The van der Waals surface area contributed by atoms with Crippen LogP contribution in [0.3, 0.4) is 0 Å². The van der Waals surface area contributed by atoms with Gasteiger partial charge in [0.05, 0.1) is 16.8 Å². The van der Waals surface area contributed by atoms with Crippen LogP contribution < -0.4 is 4.72 Å². The second-order valence-electron chi connectivity index (χ2n) is 3.61. The van der Waals surface area contributed by atoms with Crippen LogP contribution in [0.2, 0.25) is 4.34 Å². The van der Waals surface area contributed by atoms with Crippen LogP contribution in [0.25, 0.3) is 0 Å². The van der Waals surface area contributed by atoms with Crippen LogP contribution in [0.5, 0.6) is 0 Å². The number of sulfonamides is 1. The summed E-state index contributed by atoms with van der Waals surface area (Å²) in [5.74, 6) is 0. The Morgan fingerprint density at radius 1 is 1.65 bits per heavy atom. The average molecular weight is 293 g/mol. The van der Waals surface area contributed by atoms with E-state index in [2.05, 4.69) is 4.72 Å². The van der Waals surface area contributed by atoms with Crippen LogP contribution in [0, 0.1) is 18.3 Å². The third-order valence-electron chi connectivity index (χ3n) is 2.25. The predicted octanol–water partition coefficient (Wildman–Crippen LogP) is 2.68. The van der Waals surface area contributed by atoms with E-state index >= 15 is 0 Å². The van der Waals surface area contributed by atoms with Gasteiger partial charge in [-0.2, -0.15) is 5.26 Å². The third-order valence-corrected chi connectivity index (χ3v) is 5.80. The number of thiophene rings is 1. The summed E-state index contributed by atoms with van der Waals surface area (Å²) >= 11 is 6.86. The fourth-order valence-electron chi connectivity index (χ4n) is 1.22. The molecule has 0 radical (unpaired) electrons. The summed E-state index contributed by atoms with van der Waals surface area (Å²) in [6.07, 6.45) is 0.735. The Morgan fingerprint density at radius 2 is 2.29 bits per heavy atom. The van der Waals surface area contributed by atoms with E-state index in [4.69, 9.17) is 16.9 Å². The highest BCUT2D eigenvalue weighted by Crippen LogP contribution is 2.30. The highest BCUT2D eigenvalue weighted by atomic mass is 35.5. The van der Waals surface area contributed by atoms with Gasteiger partial charge in [-0.3, -0.25) is 0 Å². The number of nitrogens with zero attached hydrogens (tertiary/aromatic N) is 1. The number of hydrogen-bond acceptors (Lipinski definition) is 4. The molecule has 0 saturated heterocycles. The molecule has 1 N–H and O–H groups in total. The molecular weight excluding hydrogens is 280 g/mol. The Balaban J connectivity index is 2.92. The van der Waals surface area contributed by atoms with Crippen molar-refractivity contribution in [3.05, 3.63) is 16.0 Å². The van der Waals surface area contributed by atoms with Gasteiger partial charge in [0.15, 0.2) is 0 Å². The van der Waals surface area contributed by atoms with Crippen LogP contribution in [0.1, 0.15) is 25.3 Å². The Kier molecular flexibility index (Phi) is 4.95. The third kappa shape index (κ3) is 3.68. The van der Waals surface area contributed by atoms with E-state index in [9.17, 15) is 8.42 Å². The summed E-state index contributed by atoms with van der Waals surface area (Å²) in [5, 5.41) is 8.58. The van der Waals surface area contributed by atoms with Crippen molar-refractivity contribution in [3.8, 4) is 6.07 Å². The van der Waals surface area contributed by atoms with Crippen LogP contribution in [-0.4, -0.2) is 14.5 Å². The van der Waals surface area contributed by atoms with Crippen molar-refractivity contribution in [2.45, 2.75) is 36.9 Å². The van der Waals surface area contributed by atoms with Gasteiger partial charge in [-0.05, 0) is 25.0 Å². The zero-order chi connectivity index (χ0) is 13.1. The Morgan fingerprint density at radius 3 is 2.71 bits per heavy atom. The monoisotopic (exact) mass is 292 g/mol. The molecule has 0 bridgehead atoms. The van der Waals surface area contributed by atoms with Gasteiger partial charge >= 0.3 is 0 Å². The van der Waals surface area contributed by atoms with E-state index in [1.54, 1.807) is 6.92 Å². The summed E-state index contributed by atoms with van der Waals surface area (Å²) in [6, 6.07) is 3.14.